The number of aliphatic hydroxyl groups excluding tert-OH is 1. The van der Waals surface area contributed by atoms with Gasteiger partial charge in [-0.25, -0.2) is 0 Å². The number of methoxy groups -OCH3 is 1. The number of nitrogens with zero attached hydrogens (tertiary/aromatic N) is 1. The van der Waals surface area contributed by atoms with Crippen molar-refractivity contribution < 1.29 is 19.4 Å². The number of H-pyrrole nitrogens is 1. The van der Waals surface area contributed by atoms with E-state index in [9.17, 15) is 14.7 Å². The Kier molecular flexibility index (Phi) is 7.43. The van der Waals surface area contributed by atoms with Crippen LogP contribution in [-0.2, 0) is 16.0 Å². The van der Waals surface area contributed by atoms with Crippen LogP contribution in [0, 0.1) is 0 Å². The smallest absolute Gasteiger partial charge is 0.295 e. The Bertz CT molecular complexity index is 1600. The minimum Gasteiger partial charge on any atom is -0.507 e. The lowest BCUT2D eigenvalue weighted by Gasteiger charge is -2.26. The molecule has 1 aromatic heterocycles. The summed E-state index contributed by atoms with van der Waals surface area (Å²) in [5, 5.41) is 12.9. The predicted octanol–water partition coefficient (Wildman–Crippen LogP) is 7.27. The van der Waals surface area contributed by atoms with Gasteiger partial charge in [0.15, 0.2) is 0 Å². The number of rotatable bonds is 7. The van der Waals surface area contributed by atoms with Gasteiger partial charge in [0.05, 0.1) is 23.7 Å². The Morgan fingerprint density at radius 2 is 1.79 bits per heavy atom. The van der Waals surface area contributed by atoms with Crippen molar-refractivity contribution in [2.24, 2.45) is 0 Å². The van der Waals surface area contributed by atoms with E-state index in [0.29, 0.717) is 17.4 Å². The molecular weight excluding hydrogens is 535 g/mol. The normalized spacial score (nSPS) is 17.0. The molecule has 0 bridgehead atoms. The second-order valence-corrected chi connectivity index (χ2v) is 10.8. The van der Waals surface area contributed by atoms with Crippen molar-refractivity contribution in [2.75, 3.05) is 13.7 Å². The van der Waals surface area contributed by atoms with Gasteiger partial charge in [0.2, 0.25) is 0 Å². The van der Waals surface area contributed by atoms with Crippen LogP contribution < -0.4 is 4.74 Å². The molecule has 3 aromatic carbocycles. The number of ether oxygens (including phenoxy) is 1. The molecule has 1 amide bonds. The minimum absolute atomic E-state index is 0.00196. The van der Waals surface area contributed by atoms with Crippen molar-refractivity contribution in [3.05, 3.63) is 105 Å². The summed E-state index contributed by atoms with van der Waals surface area (Å²) < 4.78 is 5.38. The molecule has 1 saturated heterocycles. The largest absolute Gasteiger partial charge is 0.507 e. The monoisotopic (exact) mass is 562 g/mol. The Morgan fingerprint density at radius 1 is 1.05 bits per heavy atom. The molecule has 1 atom stereocenters. The number of carbonyl (C=O) groups is 2. The summed E-state index contributed by atoms with van der Waals surface area (Å²) in [4.78, 5) is 31.6. The van der Waals surface area contributed by atoms with Crippen molar-refractivity contribution in [3.63, 3.8) is 0 Å². The van der Waals surface area contributed by atoms with Crippen LogP contribution in [0.2, 0.25) is 10.0 Å². The molecule has 5 rings (SSSR count). The van der Waals surface area contributed by atoms with Crippen molar-refractivity contribution in [1.29, 1.82) is 0 Å². The van der Waals surface area contributed by atoms with Gasteiger partial charge < -0.3 is 19.7 Å². The van der Waals surface area contributed by atoms with E-state index in [1.165, 1.54) is 11.0 Å². The van der Waals surface area contributed by atoms with Crippen LogP contribution in [0.4, 0.5) is 0 Å². The maximum atomic E-state index is 13.4. The van der Waals surface area contributed by atoms with E-state index in [1.54, 1.807) is 19.2 Å². The highest BCUT2D eigenvalue weighted by atomic mass is 35.5. The molecule has 8 heteroatoms. The Balaban J connectivity index is 1.58. The van der Waals surface area contributed by atoms with E-state index in [2.05, 4.69) is 18.8 Å². The summed E-state index contributed by atoms with van der Waals surface area (Å²) in [6.45, 7) is 4.45. The number of hydrogen-bond acceptors (Lipinski definition) is 4. The highest BCUT2D eigenvalue weighted by Gasteiger charge is 2.46. The topological polar surface area (TPSA) is 82.6 Å². The summed E-state index contributed by atoms with van der Waals surface area (Å²) in [7, 11) is 1.62. The standard InChI is InChI=1S/C31H28Cl2N2O4/c1-17(2)18-4-6-19(7-5-18)28-27(29(36)23-10-8-21(32)14-25(23)33)30(37)31(38)35(28)13-12-20-16-34-26-11-9-22(39-3)15-24(20)26/h4-11,14-17,28,34,36H,12-13H2,1-3H3/t28-/m0/s1. The number of aliphatic hydroxyl groups is 1. The van der Waals surface area contributed by atoms with Crippen LogP contribution in [-0.4, -0.2) is 40.3 Å². The minimum atomic E-state index is -0.780. The first-order chi connectivity index (χ1) is 18.7. The molecular formula is C31H28Cl2N2O4. The van der Waals surface area contributed by atoms with Gasteiger partial charge in [-0.3, -0.25) is 9.59 Å². The quantitative estimate of drug-likeness (QED) is 0.141. The molecule has 2 N–H and O–H groups in total. The van der Waals surface area contributed by atoms with Gasteiger partial charge in [0.1, 0.15) is 11.5 Å². The fourth-order valence-electron chi connectivity index (χ4n) is 5.08. The molecule has 0 aliphatic carbocycles. The lowest BCUT2D eigenvalue weighted by molar-refractivity contribution is -0.139. The molecule has 39 heavy (non-hydrogen) atoms. The molecule has 0 saturated carbocycles. The van der Waals surface area contributed by atoms with Crippen LogP contribution in [0.3, 0.4) is 0 Å². The number of halogens is 2. The molecule has 6 nitrogen and oxygen atoms in total. The maximum absolute atomic E-state index is 13.4. The van der Waals surface area contributed by atoms with Crippen LogP contribution in [0.1, 0.15) is 48.1 Å². The van der Waals surface area contributed by atoms with E-state index in [0.717, 1.165) is 33.3 Å². The van der Waals surface area contributed by atoms with Gasteiger partial charge in [-0.15, -0.1) is 0 Å². The van der Waals surface area contributed by atoms with Crippen molar-refractivity contribution >= 4 is 51.6 Å². The maximum Gasteiger partial charge on any atom is 0.295 e. The first-order valence-corrected chi connectivity index (χ1v) is 13.4. The van der Waals surface area contributed by atoms with E-state index in [1.807, 2.05) is 48.7 Å². The number of amides is 1. The average molecular weight is 563 g/mol. The molecule has 2 heterocycles. The third-order valence-electron chi connectivity index (χ3n) is 7.24. The fourth-order valence-corrected chi connectivity index (χ4v) is 5.58. The zero-order valence-electron chi connectivity index (χ0n) is 21.8. The molecule has 1 aliphatic heterocycles. The van der Waals surface area contributed by atoms with E-state index >= 15 is 0 Å². The third-order valence-corrected chi connectivity index (χ3v) is 7.79. The second-order valence-electron chi connectivity index (χ2n) is 9.91. The summed E-state index contributed by atoms with van der Waals surface area (Å²) >= 11 is 12.4. The average Bonchev–Trinajstić information content (AvgIpc) is 3.44. The molecule has 4 aromatic rings. The first kappa shape index (κ1) is 26.9. The highest BCUT2D eigenvalue weighted by Crippen LogP contribution is 2.41. The zero-order chi connectivity index (χ0) is 27.8. The van der Waals surface area contributed by atoms with Gasteiger partial charge in [-0.2, -0.15) is 0 Å². The van der Waals surface area contributed by atoms with Gasteiger partial charge in [-0.05, 0) is 65.4 Å². The van der Waals surface area contributed by atoms with E-state index in [4.69, 9.17) is 27.9 Å². The van der Waals surface area contributed by atoms with Crippen LogP contribution in [0.25, 0.3) is 16.7 Å². The number of ketones is 1. The number of nitrogens with one attached hydrogen (secondary N) is 1. The number of hydrogen-bond donors (Lipinski definition) is 2. The van der Waals surface area contributed by atoms with Crippen LogP contribution in [0.5, 0.6) is 5.75 Å². The van der Waals surface area contributed by atoms with Crippen LogP contribution in [0.15, 0.2) is 72.4 Å². The van der Waals surface area contributed by atoms with E-state index in [-0.39, 0.29) is 28.5 Å². The highest BCUT2D eigenvalue weighted by molar-refractivity contribution is 6.47. The molecule has 200 valence electrons. The zero-order valence-corrected chi connectivity index (χ0v) is 23.3. The lowest BCUT2D eigenvalue weighted by atomic mass is 9.93. The van der Waals surface area contributed by atoms with Crippen LogP contribution >= 0.6 is 23.2 Å². The Hall–Kier alpha value is -3.74. The number of benzene rings is 3. The number of aromatic nitrogens is 1. The number of fused-ring (bicyclic) bond motifs is 1. The third kappa shape index (κ3) is 5.02. The SMILES string of the molecule is COc1ccc2[nH]cc(CCN3C(=O)C(=O)C(=C(O)c4ccc(Cl)cc4Cl)[C@@H]3c3ccc(C(C)C)cc3)c2c1. The second kappa shape index (κ2) is 10.8. The van der Waals surface area contributed by atoms with Crippen molar-refractivity contribution in [1.82, 2.24) is 9.88 Å². The fraction of sp³-hybridized carbons (Fsp3) is 0.226. The summed E-state index contributed by atoms with van der Waals surface area (Å²) in [6, 6.07) is 17.4. The van der Waals surface area contributed by atoms with E-state index < -0.39 is 17.7 Å². The molecule has 1 fully saturated rings. The number of Topliss-reactive ketones (excluding diaryl/α,β-unsaturated/α-hetero) is 1. The Morgan fingerprint density at radius 3 is 2.46 bits per heavy atom. The van der Waals surface area contributed by atoms with Crippen molar-refractivity contribution in [3.8, 4) is 5.75 Å². The van der Waals surface area contributed by atoms with Gasteiger partial charge >= 0.3 is 0 Å². The number of likely N-dealkylation sites (tertiary alicyclic amines) is 1. The van der Waals surface area contributed by atoms with Gasteiger partial charge in [-0.1, -0.05) is 61.3 Å². The first-order valence-electron chi connectivity index (χ1n) is 12.7. The van der Waals surface area contributed by atoms with Gasteiger partial charge in [0, 0.05) is 34.2 Å². The summed E-state index contributed by atoms with van der Waals surface area (Å²) in [5.74, 6) is -0.702. The number of carbonyl (C=O) groups excluding carboxylic acids is 2. The predicted molar refractivity (Wildman–Crippen MR) is 155 cm³/mol. The summed E-state index contributed by atoms with van der Waals surface area (Å²) in [5.41, 5.74) is 4.04. The van der Waals surface area contributed by atoms with Gasteiger partial charge in [0.25, 0.3) is 11.7 Å². The lowest BCUT2D eigenvalue weighted by Crippen LogP contribution is -2.31. The van der Waals surface area contributed by atoms with Crippen molar-refractivity contribution in [2.45, 2.75) is 32.2 Å². The summed E-state index contributed by atoms with van der Waals surface area (Å²) in [6.07, 6.45) is 2.39. The molecule has 0 radical (unpaired) electrons. The number of aromatic amines is 1. The Labute approximate surface area is 236 Å². The molecule has 1 aliphatic rings. The molecule has 0 spiro atoms. The molecule has 0 unspecified atom stereocenters.